The largest absolute Gasteiger partial charge is 0.497 e. The first kappa shape index (κ1) is 15.6. The molecule has 0 N–H and O–H groups in total. The first-order valence-corrected chi connectivity index (χ1v) is 8.89. The number of rotatable bonds is 6. The van der Waals surface area contributed by atoms with Gasteiger partial charge in [0.15, 0.2) is 0 Å². The second-order valence-corrected chi connectivity index (χ2v) is 6.37. The van der Waals surface area contributed by atoms with Crippen LogP contribution in [0.2, 0.25) is 0 Å². The van der Waals surface area contributed by atoms with Crippen LogP contribution in [-0.4, -0.2) is 34.0 Å². The van der Waals surface area contributed by atoms with Gasteiger partial charge in [-0.3, -0.25) is 9.67 Å². The lowest BCUT2D eigenvalue weighted by Gasteiger charge is -2.09. The summed E-state index contributed by atoms with van der Waals surface area (Å²) in [4.78, 5) is 9.22. The summed E-state index contributed by atoms with van der Waals surface area (Å²) in [5.41, 5.74) is 5.10. The molecule has 0 atom stereocenters. The highest BCUT2D eigenvalue weighted by Gasteiger charge is 2.08. The number of aryl methyl sites for hydroxylation is 1. The molecule has 0 fully saturated rings. The van der Waals surface area contributed by atoms with Crippen molar-refractivity contribution in [1.29, 1.82) is 0 Å². The molecule has 0 aliphatic carbocycles. The van der Waals surface area contributed by atoms with Gasteiger partial charge in [0.1, 0.15) is 11.5 Å². The summed E-state index contributed by atoms with van der Waals surface area (Å²) in [5, 5.41) is 4.10. The third kappa shape index (κ3) is 3.67. The Labute approximate surface area is 166 Å². The van der Waals surface area contributed by atoms with E-state index >= 15 is 0 Å². The summed E-state index contributed by atoms with van der Waals surface area (Å²) in [5.74, 6) is 1.50. The van der Waals surface area contributed by atoms with Gasteiger partial charge in [0.05, 0.1) is 46.1 Å². The fourth-order valence-electron chi connectivity index (χ4n) is 3.09. The summed E-state index contributed by atoms with van der Waals surface area (Å²) >= 11 is 0. The van der Waals surface area contributed by atoms with Crippen LogP contribution >= 0.6 is 0 Å². The van der Waals surface area contributed by atoms with E-state index in [0.717, 1.165) is 39.2 Å². The minimum absolute atomic E-state index is 0.651. The van der Waals surface area contributed by atoms with E-state index in [0.29, 0.717) is 12.1 Å². The number of methoxy groups -OCH3 is 2. The normalized spacial score (nSPS) is 12.5. The molecule has 28 heavy (non-hydrogen) atoms. The molecule has 0 spiro atoms. The fourth-order valence-corrected chi connectivity index (χ4v) is 3.09. The molecule has 2 heterocycles. The van der Waals surface area contributed by atoms with Gasteiger partial charge in [0.25, 0.3) is 0 Å². The first-order valence-electron chi connectivity index (χ1n) is 9.89. The Morgan fingerprint density at radius 1 is 0.964 bits per heavy atom. The maximum atomic E-state index is 7.79. The fraction of sp³-hybridized carbons (Fsp3) is 0.227. The predicted molar refractivity (Wildman–Crippen MR) is 109 cm³/mol. The predicted octanol–water partition coefficient (Wildman–Crippen LogP) is 4.12. The van der Waals surface area contributed by atoms with Crippen molar-refractivity contribution in [3.8, 4) is 22.8 Å². The van der Waals surface area contributed by atoms with E-state index < -0.39 is 6.50 Å². The minimum Gasteiger partial charge on any atom is -0.497 e. The van der Waals surface area contributed by atoms with Crippen LogP contribution in [-0.2, 0) is 12.9 Å². The van der Waals surface area contributed by atoms with E-state index in [1.165, 1.54) is 11.6 Å². The highest BCUT2D eigenvalue weighted by atomic mass is 16.5. The summed E-state index contributed by atoms with van der Waals surface area (Å²) in [6.45, 7) is -0.122. The average Bonchev–Trinajstić information content (AvgIpc) is 3.24. The van der Waals surface area contributed by atoms with Crippen molar-refractivity contribution in [2.45, 2.75) is 19.8 Å². The molecule has 0 saturated heterocycles. The van der Waals surface area contributed by atoms with Gasteiger partial charge in [0, 0.05) is 24.3 Å². The van der Waals surface area contributed by atoms with E-state index in [9.17, 15) is 0 Å². The molecule has 4 rings (SSSR count). The van der Waals surface area contributed by atoms with Gasteiger partial charge in [-0.15, -0.1) is 0 Å². The van der Waals surface area contributed by atoms with Crippen molar-refractivity contribution in [1.82, 2.24) is 19.7 Å². The molecule has 6 heteroatoms. The highest BCUT2D eigenvalue weighted by Crippen LogP contribution is 2.25. The molecule has 2 aromatic heterocycles. The molecule has 0 unspecified atom stereocenters. The van der Waals surface area contributed by atoms with Crippen molar-refractivity contribution < 1.29 is 12.2 Å². The third-order valence-corrected chi connectivity index (χ3v) is 4.53. The van der Waals surface area contributed by atoms with Gasteiger partial charge in [-0.2, -0.15) is 5.10 Å². The topological polar surface area (TPSA) is 62.1 Å². The lowest BCUT2D eigenvalue weighted by atomic mass is 10.0. The molecule has 0 bridgehead atoms. The Hall–Kier alpha value is -3.41. The van der Waals surface area contributed by atoms with Crippen molar-refractivity contribution >= 4 is 11.0 Å². The molecule has 6 nitrogen and oxygen atoms in total. The zero-order valence-electron chi connectivity index (χ0n) is 18.0. The quantitative estimate of drug-likeness (QED) is 0.506. The molecular formula is C22H22N4O2. The number of hydrogen-bond acceptors (Lipinski definition) is 5. The first-order chi connectivity index (χ1) is 14.4. The van der Waals surface area contributed by atoms with E-state index in [1.807, 2.05) is 36.4 Å². The summed E-state index contributed by atoms with van der Waals surface area (Å²) in [6, 6.07) is 11.8. The van der Waals surface area contributed by atoms with Gasteiger partial charge in [-0.05, 0) is 48.7 Å². The van der Waals surface area contributed by atoms with Crippen LogP contribution in [0.15, 0.2) is 55.0 Å². The van der Waals surface area contributed by atoms with Crippen LogP contribution in [0.25, 0.3) is 22.3 Å². The van der Waals surface area contributed by atoms with Crippen molar-refractivity contribution in [2.75, 3.05) is 14.2 Å². The van der Waals surface area contributed by atoms with Crippen molar-refractivity contribution in [3.63, 3.8) is 0 Å². The number of aromatic nitrogens is 4. The molecule has 0 radical (unpaired) electrons. The van der Waals surface area contributed by atoms with E-state index in [1.54, 1.807) is 32.8 Å². The molecule has 0 aliphatic heterocycles. The lowest BCUT2D eigenvalue weighted by molar-refractivity contribution is 0.393. The summed E-state index contributed by atoms with van der Waals surface area (Å²) < 4.78 is 27.6. The van der Waals surface area contributed by atoms with E-state index in [4.69, 9.17) is 17.2 Å². The monoisotopic (exact) mass is 376 g/mol. The van der Waals surface area contributed by atoms with Crippen LogP contribution in [0.3, 0.4) is 0 Å². The summed E-state index contributed by atoms with van der Waals surface area (Å²) in [7, 11) is 3.27. The minimum atomic E-state index is -1.58. The molecule has 2 aromatic carbocycles. The number of nitrogens with zero attached hydrogens (tertiary/aromatic N) is 4. The van der Waals surface area contributed by atoms with Gasteiger partial charge in [0.2, 0.25) is 0 Å². The van der Waals surface area contributed by atoms with Gasteiger partial charge in [-0.25, -0.2) is 4.98 Å². The van der Waals surface area contributed by atoms with Crippen LogP contribution in [0.4, 0.5) is 0 Å². The standard InChI is InChI=1S/C22H22N4O2/c1-4-26-14-17(12-24-26)22-13-23-20-6-5-15(10-21(20)25-22)7-16-8-18(27-2)11-19(9-16)28-3/h5-6,8-14H,4,7H2,1-3H3/i4D2. The molecule has 0 saturated carbocycles. The van der Waals surface area contributed by atoms with Crippen LogP contribution in [0.1, 0.15) is 20.8 Å². The van der Waals surface area contributed by atoms with Crippen LogP contribution < -0.4 is 9.47 Å². The van der Waals surface area contributed by atoms with Crippen molar-refractivity contribution in [3.05, 3.63) is 66.1 Å². The van der Waals surface area contributed by atoms with E-state index in [-0.39, 0.29) is 0 Å². The maximum Gasteiger partial charge on any atom is 0.122 e. The molecule has 0 amide bonds. The SMILES string of the molecule is [2H]C([2H])(C)n1cc(-c2cnc3ccc(Cc4cc(OC)cc(OC)c4)cc3n2)cn1. The highest BCUT2D eigenvalue weighted by molar-refractivity contribution is 5.77. The second kappa shape index (κ2) is 7.68. The van der Waals surface area contributed by atoms with Crippen molar-refractivity contribution in [2.24, 2.45) is 0 Å². The third-order valence-electron chi connectivity index (χ3n) is 4.53. The molecular weight excluding hydrogens is 352 g/mol. The number of hydrogen-bond donors (Lipinski definition) is 0. The van der Waals surface area contributed by atoms with Gasteiger partial charge in [-0.1, -0.05) is 6.07 Å². The second-order valence-electron chi connectivity index (χ2n) is 6.37. The van der Waals surface area contributed by atoms with Crippen LogP contribution in [0, 0.1) is 0 Å². The Morgan fingerprint density at radius 3 is 2.43 bits per heavy atom. The Kier molecular flexibility index (Phi) is 4.29. The summed E-state index contributed by atoms with van der Waals surface area (Å²) in [6.07, 6.45) is 5.62. The zero-order chi connectivity index (χ0) is 21.3. The molecule has 142 valence electrons. The maximum absolute atomic E-state index is 7.79. The van der Waals surface area contributed by atoms with E-state index in [2.05, 4.69) is 10.1 Å². The smallest absolute Gasteiger partial charge is 0.122 e. The lowest BCUT2D eigenvalue weighted by Crippen LogP contribution is -1.94. The number of benzene rings is 2. The Balaban J connectivity index is 1.66. The Bertz CT molecular complexity index is 1180. The zero-order valence-corrected chi connectivity index (χ0v) is 16.0. The average molecular weight is 376 g/mol. The van der Waals surface area contributed by atoms with Gasteiger partial charge < -0.3 is 9.47 Å². The molecule has 0 aliphatic rings. The molecule has 4 aromatic rings. The Morgan fingerprint density at radius 2 is 1.75 bits per heavy atom. The van der Waals surface area contributed by atoms with Gasteiger partial charge >= 0.3 is 0 Å². The number of ether oxygens (including phenoxy) is 2. The number of fused-ring (bicyclic) bond motifs is 1. The van der Waals surface area contributed by atoms with Crippen LogP contribution in [0.5, 0.6) is 11.5 Å².